The van der Waals surface area contributed by atoms with Gasteiger partial charge in [0, 0.05) is 36.8 Å². The van der Waals surface area contributed by atoms with E-state index < -0.39 is 0 Å². The molecule has 136 valence electrons. The number of hydrogen-bond acceptors (Lipinski definition) is 5. The number of nitrogens with zero attached hydrogens (tertiary/aromatic N) is 1. The highest BCUT2D eigenvalue weighted by Gasteiger charge is 2.13. The molecule has 0 radical (unpaired) electrons. The van der Waals surface area contributed by atoms with Gasteiger partial charge >= 0.3 is 5.63 Å². The average Bonchev–Trinajstić information content (AvgIpc) is 2.64. The van der Waals surface area contributed by atoms with Gasteiger partial charge in [0.25, 0.3) is 0 Å². The minimum atomic E-state index is -0.332. The second-order valence-corrected chi connectivity index (χ2v) is 6.37. The fraction of sp³-hybridized carbons (Fsp3) is 0.286. The Kier molecular flexibility index (Phi) is 4.89. The topological polar surface area (TPSA) is 51.9 Å². The molecule has 0 aliphatic carbocycles. The Morgan fingerprint density at radius 3 is 2.42 bits per heavy atom. The van der Waals surface area contributed by atoms with Crippen molar-refractivity contribution in [2.45, 2.75) is 20.4 Å². The van der Waals surface area contributed by atoms with Crippen LogP contribution in [0.15, 0.2) is 45.6 Å². The first-order valence-corrected chi connectivity index (χ1v) is 8.40. The fourth-order valence-electron chi connectivity index (χ4n) is 3.06. The first-order valence-electron chi connectivity index (χ1n) is 8.40. The van der Waals surface area contributed by atoms with Crippen LogP contribution in [-0.2, 0) is 6.54 Å². The van der Waals surface area contributed by atoms with Crippen LogP contribution >= 0.6 is 0 Å². The van der Waals surface area contributed by atoms with Crippen molar-refractivity contribution in [2.75, 3.05) is 26.2 Å². The minimum absolute atomic E-state index is 0.332. The lowest BCUT2D eigenvalue weighted by Crippen LogP contribution is -2.18. The lowest BCUT2D eigenvalue weighted by molar-refractivity contribution is 0.355. The standard InChI is InChI=1S/C21H23NO4/c1-13-6-8-17-15(10-20(23)26-21(17)14(13)2)12-22(3)16-7-9-18(24-4)19(11-16)25-5/h6-11H,12H2,1-5H3. The Bertz CT molecular complexity index is 1010. The van der Waals surface area contributed by atoms with Crippen molar-refractivity contribution in [3.05, 3.63) is 63.5 Å². The summed E-state index contributed by atoms with van der Waals surface area (Å²) in [6.07, 6.45) is 0. The normalized spacial score (nSPS) is 10.8. The first kappa shape index (κ1) is 17.9. The van der Waals surface area contributed by atoms with Gasteiger partial charge in [-0.2, -0.15) is 0 Å². The van der Waals surface area contributed by atoms with Crippen LogP contribution in [0, 0.1) is 13.8 Å². The van der Waals surface area contributed by atoms with Crippen molar-refractivity contribution in [1.29, 1.82) is 0 Å². The molecule has 2 aromatic carbocycles. The van der Waals surface area contributed by atoms with Crippen LogP contribution in [-0.4, -0.2) is 21.3 Å². The van der Waals surface area contributed by atoms with Gasteiger partial charge in [0.15, 0.2) is 11.5 Å². The van der Waals surface area contributed by atoms with E-state index in [-0.39, 0.29) is 5.63 Å². The largest absolute Gasteiger partial charge is 0.493 e. The molecule has 5 heteroatoms. The molecular formula is C21H23NO4. The van der Waals surface area contributed by atoms with E-state index in [1.54, 1.807) is 20.3 Å². The Hall–Kier alpha value is -2.95. The van der Waals surface area contributed by atoms with E-state index in [1.165, 1.54) is 0 Å². The van der Waals surface area contributed by atoms with Gasteiger partial charge in [-0.15, -0.1) is 0 Å². The van der Waals surface area contributed by atoms with Gasteiger partial charge in [0.1, 0.15) is 5.58 Å². The third kappa shape index (κ3) is 3.25. The molecule has 26 heavy (non-hydrogen) atoms. The van der Waals surface area contributed by atoms with Gasteiger partial charge in [0.2, 0.25) is 0 Å². The van der Waals surface area contributed by atoms with Crippen molar-refractivity contribution < 1.29 is 13.9 Å². The molecule has 0 unspecified atom stereocenters. The lowest BCUT2D eigenvalue weighted by atomic mass is 10.0. The maximum Gasteiger partial charge on any atom is 0.336 e. The number of methoxy groups -OCH3 is 2. The zero-order valence-corrected chi connectivity index (χ0v) is 15.8. The minimum Gasteiger partial charge on any atom is -0.493 e. The molecule has 0 amide bonds. The number of hydrogen-bond donors (Lipinski definition) is 0. The van der Waals surface area contributed by atoms with Crippen LogP contribution in [0.25, 0.3) is 11.0 Å². The van der Waals surface area contributed by atoms with Crippen LogP contribution in [0.1, 0.15) is 16.7 Å². The van der Waals surface area contributed by atoms with Crippen molar-refractivity contribution in [3.8, 4) is 11.5 Å². The second kappa shape index (κ2) is 7.12. The van der Waals surface area contributed by atoms with Crippen LogP contribution in [0.2, 0.25) is 0 Å². The molecule has 0 saturated heterocycles. The molecule has 0 aliphatic rings. The van der Waals surface area contributed by atoms with Gasteiger partial charge in [0.05, 0.1) is 14.2 Å². The number of rotatable bonds is 5. The number of ether oxygens (including phenoxy) is 2. The third-order valence-corrected chi connectivity index (χ3v) is 4.73. The molecule has 1 heterocycles. The predicted octanol–water partition coefficient (Wildman–Crippen LogP) is 4.06. The highest BCUT2D eigenvalue weighted by Crippen LogP contribution is 2.32. The molecular weight excluding hydrogens is 330 g/mol. The Balaban J connectivity index is 2.01. The molecule has 0 spiro atoms. The zero-order valence-electron chi connectivity index (χ0n) is 15.8. The van der Waals surface area contributed by atoms with Crippen molar-refractivity contribution in [3.63, 3.8) is 0 Å². The van der Waals surface area contributed by atoms with Crippen LogP contribution in [0.5, 0.6) is 11.5 Å². The van der Waals surface area contributed by atoms with Gasteiger partial charge in [-0.1, -0.05) is 12.1 Å². The lowest BCUT2D eigenvalue weighted by Gasteiger charge is -2.21. The van der Waals surface area contributed by atoms with E-state index in [0.717, 1.165) is 27.8 Å². The van der Waals surface area contributed by atoms with E-state index in [9.17, 15) is 4.79 Å². The quantitative estimate of drug-likeness (QED) is 0.647. The summed E-state index contributed by atoms with van der Waals surface area (Å²) in [5.74, 6) is 1.35. The predicted molar refractivity (Wildman–Crippen MR) is 104 cm³/mol. The summed E-state index contributed by atoms with van der Waals surface area (Å²) in [6, 6.07) is 11.4. The van der Waals surface area contributed by atoms with Crippen LogP contribution in [0.4, 0.5) is 5.69 Å². The zero-order chi connectivity index (χ0) is 18.8. The fourth-order valence-corrected chi connectivity index (χ4v) is 3.06. The van der Waals surface area contributed by atoms with E-state index in [4.69, 9.17) is 13.9 Å². The van der Waals surface area contributed by atoms with Gasteiger partial charge < -0.3 is 18.8 Å². The Morgan fingerprint density at radius 2 is 1.73 bits per heavy atom. The molecule has 0 atom stereocenters. The molecule has 3 aromatic rings. The van der Waals surface area contributed by atoms with Gasteiger partial charge in [-0.25, -0.2) is 4.79 Å². The third-order valence-electron chi connectivity index (χ3n) is 4.73. The summed E-state index contributed by atoms with van der Waals surface area (Å²) in [5, 5.41) is 0.958. The molecule has 0 N–H and O–H groups in total. The summed E-state index contributed by atoms with van der Waals surface area (Å²) < 4.78 is 16.1. The highest BCUT2D eigenvalue weighted by atomic mass is 16.5. The SMILES string of the molecule is COc1ccc(N(C)Cc2cc(=O)oc3c(C)c(C)ccc23)cc1OC. The highest BCUT2D eigenvalue weighted by molar-refractivity contribution is 5.84. The molecule has 0 fully saturated rings. The van der Waals surface area contributed by atoms with Crippen molar-refractivity contribution in [2.24, 2.45) is 0 Å². The summed E-state index contributed by atoms with van der Waals surface area (Å²) in [4.78, 5) is 14.1. The molecule has 0 bridgehead atoms. The summed E-state index contributed by atoms with van der Waals surface area (Å²) in [7, 11) is 5.20. The van der Waals surface area contributed by atoms with E-state index in [0.29, 0.717) is 23.6 Å². The van der Waals surface area contributed by atoms with E-state index in [2.05, 4.69) is 11.0 Å². The number of benzene rings is 2. The Morgan fingerprint density at radius 1 is 1.00 bits per heavy atom. The van der Waals surface area contributed by atoms with E-state index in [1.807, 2.05) is 45.2 Å². The summed E-state index contributed by atoms with van der Waals surface area (Å²) >= 11 is 0. The first-order chi connectivity index (χ1) is 12.4. The summed E-state index contributed by atoms with van der Waals surface area (Å²) in [6.45, 7) is 4.56. The molecule has 0 aliphatic heterocycles. The smallest absolute Gasteiger partial charge is 0.336 e. The Labute approximate surface area is 152 Å². The maximum atomic E-state index is 12.0. The number of fused-ring (bicyclic) bond motifs is 1. The van der Waals surface area contributed by atoms with Crippen molar-refractivity contribution in [1.82, 2.24) is 0 Å². The molecule has 1 aromatic heterocycles. The van der Waals surface area contributed by atoms with Crippen LogP contribution in [0.3, 0.4) is 0 Å². The number of aryl methyl sites for hydroxylation is 2. The summed E-state index contributed by atoms with van der Waals surface area (Å²) in [5.41, 5.74) is 4.32. The monoisotopic (exact) mass is 353 g/mol. The molecule has 0 saturated carbocycles. The molecule has 5 nitrogen and oxygen atoms in total. The van der Waals surface area contributed by atoms with Gasteiger partial charge in [-0.05, 0) is 42.7 Å². The van der Waals surface area contributed by atoms with E-state index >= 15 is 0 Å². The van der Waals surface area contributed by atoms with Crippen molar-refractivity contribution >= 4 is 16.7 Å². The maximum absolute atomic E-state index is 12.0. The second-order valence-electron chi connectivity index (χ2n) is 6.37. The van der Waals surface area contributed by atoms with Crippen LogP contribution < -0.4 is 20.0 Å². The molecule has 3 rings (SSSR count). The van der Waals surface area contributed by atoms with Gasteiger partial charge in [-0.3, -0.25) is 0 Å². The average molecular weight is 353 g/mol. The number of anilines is 1.